The van der Waals surface area contributed by atoms with E-state index in [2.05, 4.69) is 32.9 Å². The van der Waals surface area contributed by atoms with Crippen molar-refractivity contribution in [2.24, 2.45) is 10.9 Å². The highest BCUT2D eigenvalue weighted by Crippen LogP contribution is 2.27. The highest BCUT2D eigenvalue weighted by atomic mass is 32.1. The van der Waals surface area contributed by atoms with Crippen LogP contribution in [0, 0.1) is 5.92 Å². The van der Waals surface area contributed by atoms with Gasteiger partial charge in [0.05, 0.1) is 5.01 Å². The minimum atomic E-state index is 0.173. The zero-order valence-corrected chi connectivity index (χ0v) is 16.3. The third-order valence-electron chi connectivity index (χ3n) is 4.49. The number of aliphatic imine (C=N–C) groups is 1. The van der Waals surface area contributed by atoms with E-state index in [1.807, 2.05) is 6.20 Å². The van der Waals surface area contributed by atoms with Gasteiger partial charge in [-0.25, -0.2) is 4.98 Å². The fourth-order valence-corrected chi connectivity index (χ4v) is 3.93. The fourth-order valence-electron chi connectivity index (χ4n) is 3.07. The number of hydrogen-bond donors (Lipinski definition) is 3. The molecule has 1 amide bonds. The molecule has 1 aliphatic rings. The Bertz CT molecular complexity index is 551. The smallest absolute Gasteiger partial charge is 0.220 e. The van der Waals surface area contributed by atoms with E-state index < -0.39 is 0 Å². The van der Waals surface area contributed by atoms with Gasteiger partial charge < -0.3 is 16.0 Å². The summed E-state index contributed by atoms with van der Waals surface area (Å²) in [6.45, 7) is 4.24. The van der Waals surface area contributed by atoms with Crippen molar-refractivity contribution in [1.82, 2.24) is 20.9 Å². The number of nitrogens with zero attached hydrogens (tertiary/aromatic N) is 2. The lowest BCUT2D eigenvalue weighted by atomic mass is 10.0. The molecule has 1 aromatic heterocycles. The van der Waals surface area contributed by atoms with Crippen LogP contribution in [0.4, 0.5) is 0 Å². The number of carbonyl (C=O) groups is 1. The summed E-state index contributed by atoms with van der Waals surface area (Å²) in [5, 5.41) is 10.7. The lowest BCUT2D eigenvalue weighted by Gasteiger charge is -2.13. The number of nitrogens with one attached hydrogen (secondary N) is 3. The molecule has 0 saturated heterocycles. The first kappa shape index (κ1) is 19.7. The van der Waals surface area contributed by atoms with E-state index in [1.165, 1.54) is 30.6 Å². The van der Waals surface area contributed by atoms with Crippen molar-refractivity contribution in [2.75, 3.05) is 26.7 Å². The van der Waals surface area contributed by atoms with Gasteiger partial charge in [-0.1, -0.05) is 19.8 Å². The van der Waals surface area contributed by atoms with Gasteiger partial charge in [0.1, 0.15) is 0 Å². The maximum absolute atomic E-state index is 11.9. The molecular weight excluding hydrogens is 334 g/mol. The summed E-state index contributed by atoms with van der Waals surface area (Å²) in [7, 11) is 1.76. The molecule has 0 unspecified atom stereocenters. The van der Waals surface area contributed by atoms with Gasteiger partial charge in [-0.15, -0.1) is 11.3 Å². The van der Waals surface area contributed by atoms with Gasteiger partial charge in [0, 0.05) is 50.6 Å². The molecule has 1 aliphatic carbocycles. The van der Waals surface area contributed by atoms with Crippen molar-refractivity contribution < 1.29 is 4.79 Å². The Labute approximate surface area is 154 Å². The van der Waals surface area contributed by atoms with E-state index in [1.54, 1.807) is 18.4 Å². The second-order valence-corrected chi connectivity index (χ2v) is 7.65. The van der Waals surface area contributed by atoms with Gasteiger partial charge in [-0.2, -0.15) is 0 Å². The first-order valence-corrected chi connectivity index (χ1v) is 10.2. The van der Waals surface area contributed by atoms with E-state index in [0.29, 0.717) is 25.4 Å². The van der Waals surface area contributed by atoms with Crippen LogP contribution in [0.2, 0.25) is 0 Å². The van der Waals surface area contributed by atoms with Gasteiger partial charge in [0.2, 0.25) is 5.91 Å². The lowest BCUT2D eigenvalue weighted by molar-refractivity contribution is -0.121. The summed E-state index contributed by atoms with van der Waals surface area (Å²) in [6.07, 6.45) is 9.55. The van der Waals surface area contributed by atoms with Gasteiger partial charge in [-0.3, -0.25) is 9.79 Å². The van der Waals surface area contributed by atoms with Crippen LogP contribution < -0.4 is 16.0 Å². The summed E-state index contributed by atoms with van der Waals surface area (Å²) >= 11 is 1.77. The average molecular weight is 366 g/mol. The van der Waals surface area contributed by atoms with Gasteiger partial charge in [0.15, 0.2) is 5.96 Å². The Morgan fingerprint density at radius 2 is 1.96 bits per heavy atom. The summed E-state index contributed by atoms with van der Waals surface area (Å²) in [5.74, 6) is 1.53. The number of aryl methyl sites for hydroxylation is 1. The van der Waals surface area contributed by atoms with Crippen LogP contribution in [0.15, 0.2) is 11.2 Å². The minimum absolute atomic E-state index is 0.173. The Morgan fingerprint density at radius 1 is 1.24 bits per heavy atom. The first-order chi connectivity index (χ1) is 12.2. The number of thiazole rings is 1. The van der Waals surface area contributed by atoms with Crippen molar-refractivity contribution in [3.63, 3.8) is 0 Å². The predicted molar refractivity (Wildman–Crippen MR) is 104 cm³/mol. The summed E-state index contributed by atoms with van der Waals surface area (Å²) < 4.78 is 0. The second kappa shape index (κ2) is 11.1. The monoisotopic (exact) mass is 365 g/mol. The van der Waals surface area contributed by atoms with Gasteiger partial charge in [-0.05, 0) is 25.2 Å². The van der Waals surface area contributed by atoms with E-state index in [9.17, 15) is 4.79 Å². The third kappa shape index (κ3) is 7.42. The lowest BCUT2D eigenvalue weighted by Crippen LogP contribution is -2.42. The summed E-state index contributed by atoms with van der Waals surface area (Å²) in [6, 6.07) is 0. The Hall–Kier alpha value is -1.63. The Morgan fingerprint density at radius 3 is 2.64 bits per heavy atom. The van der Waals surface area contributed by atoms with Crippen LogP contribution in [0.3, 0.4) is 0 Å². The standard InChI is InChI=1S/C18H31N5OS/c1-3-15-13-23-17(25-15)8-9-21-18(19-2)22-11-10-20-16(24)12-14-6-4-5-7-14/h13-14H,3-12H2,1-2H3,(H,20,24)(H2,19,21,22). The highest BCUT2D eigenvalue weighted by Gasteiger charge is 2.17. The number of hydrogen-bond acceptors (Lipinski definition) is 4. The first-order valence-electron chi connectivity index (χ1n) is 9.36. The molecule has 6 nitrogen and oxygen atoms in total. The summed E-state index contributed by atoms with van der Waals surface area (Å²) in [4.78, 5) is 21.8. The van der Waals surface area contributed by atoms with Crippen LogP contribution in [0.25, 0.3) is 0 Å². The molecule has 0 aromatic carbocycles. The maximum Gasteiger partial charge on any atom is 0.220 e. The normalized spacial score (nSPS) is 15.4. The highest BCUT2D eigenvalue weighted by molar-refractivity contribution is 7.11. The molecule has 1 aromatic rings. The number of guanidine groups is 1. The zero-order valence-electron chi connectivity index (χ0n) is 15.4. The molecule has 1 saturated carbocycles. The Balaban J connectivity index is 1.54. The number of amides is 1. The Kier molecular flexibility index (Phi) is 8.72. The molecule has 3 N–H and O–H groups in total. The molecule has 2 rings (SSSR count). The van der Waals surface area contributed by atoms with Crippen molar-refractivity contribution >= 4 is 23.2 Å². The molecule has 1 heterocycles. The molecular formula is C18H31N5OS. The molecule has 0 radical (unpaired) electrons. The largest absolute Gasteiger partial charge is 0.356 e. The molecule has 0 bridgehead atoms. The second-order valence-electron chi connectivity index (χ2n) is 6.45. The van der Waals surface area contributed by atoms with E-state index in [0.717, 1.165) is 30.4 Å². The molecule has 7 heteroatoms. The van der Waals surface area contributed by atoms with Gasteiger partial charge in [0.25, 0.3) is 0 Å². The van der Waals surface area contributed by atoms with Gasteiger partial charge >= 0.3 is 0 Å². The zero-order chi connectivity index (χ0) is 17.9. The number of aromatic nitrogens is 1. The molecule has 140 valence electrons. The van der Waals surface area contributed by atoms with Crippen molar-refractivity contribution in [3.8, 4) is 0 Å². The quantitative estimate of drug-likeness (QED) is 0.356. The molecule has 0 aliphatic heterocycles. The van der Waals surface area contributed by atoms with Crippen LogP contribution in [0.1, 0.15) is 48.9 Å². The topological polar surface area (TPSA) is 78.4 Å². The molecule has 0 atom stereocenters. The minimum Gasteiger partial charge on any atom is -0.356 e. The fraction of sp³-hybridized carbons (Fsp3) is 0.722. The molecule has 25 heavy (non-hydrogen) atoms. The molecule has 0 spiro atoms. The van der Waals surface area contributed by atoms with Crippen molar-refractivity contribution in [3.05, 3.63) is 16.1 Å². The van der Waals surface area contributed by atoms with E-state index in [4.69, 9.17) is 0 Å². The van der Waals surface area contributed by atoms with Crippen molar-refractivity contribution in [1.29, 1.82) is 0 Å². The third-order valence-corrected chi connectivity index (χ3v) is 5.69. The van der Waals surface area contributed by atoms with Crippen LogP contribution in [-0.4, -0.2) is 43.5 Å². The van der Waals surface area contributed by atoms with Crippen molar-refractivity contribution in [2.45, 2.75) is 51.9 Å². The summed E-state index contributed by atoms with van der Waals surface area (Å²) in [5.41, 5.74) is 0. The molecule has 1 fully saturated rings. The van der Waals surface area contributed by atoms with Crippen LogP contribution in [-0.2, 0) is 17.6 Å². The number of rotatable bonds is 9. The van der Waals surface area contributed by atoms with Crippen LogP contribution >= 0.6 is 11.3 Å². The SMILES string of the molecule is CCc1cnc(CCNC(=NC)NCCNC(=O)CC2CCCC2)s1. The van der Waals surface area contributed by atoms with Crippen LogP contribution in [0.5, 0.6) is 0 Å². The average Bonchev–Trinajstić information content (AvgIpc) is 3.28. The predicted octanol–water partition coefficient (Wildman–Crippen LogP) is 2.11. The number of carbonyl (C=O) groups excluding carboxylic acids is 1. The van der Waals surface area contributed by atoms with E-state index >= 15 is 0 Å². The maximum atomic E-state index is 11.9. The van der Waals surface area contributed by atoms with E-state index in [-0.39, 0.29) is 5.91 Å².